The molecule has 0 radical (unpaired) electrons. The molecule has 2 aromatic carbocycles. The standard InChI is InChI=1S/C19H18FNO5S/c20-17-9-5-4-8-16(17)19(23)26-12-18(22)21(14-6-2-1-3-7-14)15-10-11-27(24,25)13-15/h1-9,15H,10-13H2/t15-/m1/s1. The summed E-state index contributed by atoms with van der Waals surface area (Å²) in [6, 6.07) is 13.4. The molecule has 142 valence electrons. The van der Waals surface area contributed by atoms with Crippen LogP contribution in [0.25, 0.3) is 0 Å². The van der Waals surface area contributed by atoms with Gasteiger partial charge in [-0.25, -0.2) is 17.6 Å². The molecule has 0 saturated carbocycles. The summed E-state index contributed by atoms with van der Waals surface area (Å²) < 4.78 is 42.3. The van der Waals surface area contributed by atoms with E-state index in [9.17, 15) is 22.4 Å². The van der Waals surface area contributed by atoms with Crippen molar-refractivity contribution < 1.29 is 27.1 Å². The number of nitrogens with zero attached hydrogens (tertiary/aromatic N) is 1. The van der Waals surface area contributed by atoms with Gasteiger partial charge in [0.05, 0.1) is 23.1 Å². The molecule has 3 rings (SSSR count). The molecule has 1 heterocycles. The van der Waals surface area contributed by atoms with Gasteiger partial charge in [-0.1, -0.05) is 30.3 Å². The molecule has 1 atom stereocenters. The number of sulfone groups is 1. The smallest absolute Gasteiger partial charge is 0.341 e. The highest BCUT2D eigenvalue weighted by Gasteiger charge is 2.35. The van der Waals surface area contributed by atoms with Crippen LogP contribution in [0.15, 0.2) is 54.6 Å². The summed E-state index contributed by atoms with van der Waals surface area (Å²) in [7, 11) is -3.21. The lowest BCUT2D eigenvalue weighted by Crippen LogP contribution is -2.43. The van der Waals surface area contributed by atoms with Gasteiger partial charge in [0.25, 0.3) is 5.91 Å². The molecule has 8 heteroatoms. The number of esters is 1. The molecule has 0 N–H and O–H groups in total. The van der Waals surface area contributed by atoms with Crippen molar-refractivity contribution in [3.63, 3.8) is 0 Å². The SMILES string of the molecule is O=C(OCC(=O)N(c1ccccc1)[C@@H]1CCS(=O)(=O)C1)c1ccccc1F. The van der Waals surface area contributed by atoms with Crippen LogP contribution < -0.4 is 4.90 Å². The third kappa shape index (κ3) is 4.51. The van der Waals surface area contributed by atoms with E-state index in [0.29, 0.717) is 12.1 Å². The number of ether oxygens (including phenoxy) is 1. The number of halogens is 1. The number of hydrogen-bond donors (Lipinski definition) is 0. The second kappa shape index (κ2) is 7.87. The number of anilines is 1. The highest BCUT2D eigenvalue weighted by Crippen LogP contribution is 2.24. The number of benzene rings is 2. The van der Waals surface area contributed by atoms with E-state index in [4.69, 9.17) is 4.74 Å². The highest BCUT2D eigenvalue weighted by atomic mass is 32.2. The van der Waals surface area contributed by atoms with Gasteiger partial charge in [-0.15, -0.1) is 0 Å². The lowest BCUT2D eigenvalue weighted by atomic mass is 10.2. The van der Waals surface area contributed by atoms with Crippen molar-refractivity contribution in [1.29, 1.82) is 0 Å². The lowest BCUT2D eigenvalue weighted by molar-refractivity contribution is -0.122. The van der Waals surface area contributed by atoms with E-state index in [0.717, 1.165) is 6.07 Å². The Hall–Kier alpha value is -2.74. The number of amides is 1. The average Bonchev–Trinajstić information content (AvgIpc) is 3.00. The Morgan fingerprint density at radius 3 is 2.37 bits per heavy atom. The molecule has 27 heavy (non-hydrogen) atoms. The minimum atomic E-state index is -3.21. The first-order chi connectivity index (χ1) is 12.9. The van der Waals surface area contributed by atoms with Crippen LogP contribution in [0.2, 0.25) is 0 Å². The summed E-state index contributed by atoms with van der Waals surface area (Å²) in [5, 5.41) is 0. The maximum atomic E-state index is 13.7. The Kier molecular flexibility index (Phi) is 5.55. The van der Waals surface area contributed by atoms with E-state index in [1.54, 1.807) is 30.3 Å². The molecule has 0 aromatic heterocycles. The summed E-state index contributed by atoms with van der Waals surface area (Å²) in [6.45, 7) is -0.612. The van der Waals surface area contributed by atoms with Gasteiger partial charge in [0.2, 0.25) is 0 Å². The fourth-order valence-corrected chi connectivity index (χ4v) is 4.73. The first kappa shape index (κ1) is 19.0. The molecular weight excluding hydrogens is 373 g/mol. The van der Waals surface area contributed by atoms with E-state index >= 15 is 0 Å². The first-order valence-corrected chi connectivity index (χ1v) is 10.2. The van der Waals surface area contributed by atoms with Crippen molar-refractivity contribution in [1.82, 2.24) is 0 Å². The van der Waals surface area contributed by atoms with Gasteiger partial charge in [-0.05, 0) is 30.7 Å². The van der Waals surface area contributed by atoms with Gasteiger partial charge in [0.15, 0.2) is 16.4 Å². The monoisotopic (exact) mass is 391 g/mol. The average molecular weight is 391 g/mol. The Bertz CT molecular complexity index is 946. The van der Waals surface area contributed by atoms with Crippen molar-refractivity contribution in [3.8, 4) is 0 Å². The van der Waals surface area contributed by atoms with Gasteiger partial charge < -0.3 is 9.64 Å². The fraction of sp³-hybridized carbons (Fsp3) is 0.263. The number of rotatable bonds is 5. The first-order valence-electron chi connectivity index (χ1n) is 8.36. The van der Waals surface area contributed by atoms with Crippen LogP contribution in [0, 0.1) is 5.82 Å². The molecule has 1 fully saturated rings. The van der Waals surface area contributed by atoms with Crippen LogP contribution >= 0.6 is 0 Å². The molecule has 1 saturated heterocycles. The minimum absolute atomic E-state index is 0.00327. The zero-order chi connectivity index (χ0) is 19.4. The summed E-state index contributed by atoms with van der Waals surface area (Å²) in [4.78, 5) is 26.1. The Labute approximate surface area is 156 Å². The summed E-state index contributed by atoms with van der Waals surface area (Å²) in [6.07, 6.45) is 0.310. The molecule has 2 aromatic rings. The quantitative estimate of drug-likeness (QED) is 0.730. The summed E-state index contributed by atoms with van der Waals surface area (Å²) in [5.41, 5.74) is 0.256. The minimum Gasteiger partial charge on any atom is -0.452 e. The third-order valence-corrected chi connectivity index (χ3v) is 6.05. The molecule has 0 bridgehead atoms. The van der Waals surface area contributed by atoms with Gasteiger partial charge in [0, 0.05) is 5.69 Å². The molecular formula is C19H18FNO5S. The van der Waals surface area contributed by atoms with Crippen LogP contribution in [0.4, 0.5) is 10.1 Å². The molecule has 0 unspecified atom stereocenters. The molecule has 0 spiro atoms. The Morgan fingerprint density at radius 1 is 1.07 bits per heavy atom. The van der Waals surface area contributed by atoms with Crippen molar-refractivity contribution in [2.45, 2.75) is 12.5 Å². The molecule has 1 amide bonds. The van der Waals surface area contributed by atoms with E-state index in [1.807, 2.05) is 0 Å². The summed E-state index contributed by atoms with van der Waals surface area (Å²) in [5.74, 6) is -2.39. The van der Waals surface area contributed by atoms with E-state index < -0.39 is 40.2 Å². The second-order valence-corrected chi connectivity index (χ2v) is 8.44. The normalized spacial score (nSPS) is 18.0. The Balaban J connectivity index is 1.76. The summed E-state index contributed by atoms with van der Waals surface area (Å²) >= 11 is 0. The topological polar surface area (TPSA) is 80.8 Å². The van der Waals surface area contributed by atoms with Crippen molar-refractivity contribution in [2.75, 3.05) is 23.0 Å². The molecule has 1 aliphatic heterocycles. The van der Waals surface area contributed by atoms with Gasteiger partial charge in [0.1, 0.15) is 5.82 Å². The fourth-order valence-electron chi connectivity index (χ4n) is 3.03. The largest absolute Gasteiger partial charge is 0.452 e. The van der Waals surface area contributed by atoms with Crippen molar-refractivity contribution in [2.24, 2.45) is 0 Å². The van der Waals surface area contributed by atoms with Gasteiger partial charge >= 0.3 is 5.97 Å². The number of para-hydroxylation sites is 1. The third-order valence-electron chi connectivity index (χ3n) is 4.30. The van der Waals surface area contributed by atoms with Crippen molar-refractivity contribution >= 4 is 27.4 Å². The molecule has 0 aliphatic carbocycles. The predicted octanol–water partition coefficient (Wildman–Crippen LogP) is 2.20. The van der Waals surface area contributed by atoms with Crippen LogP contribution in [0.1, 0.15) is 16.8 Å². The van der Waals surface area contributed by atoms with Crippen molar-refractivity contribution in [3.05, 3.63) is 66.0 Å². The maximum absolute atomic E-state index is 13.7. The lowest BCUT2D eigenvalue weighted by Gasteiger charge is -2.28. The van der Waals surface area contributed by atoms with E-state index in [2.05, 4.69) is 0 Å². The van der Waals surface area contributed by atoms with Gasteiger partial charge in [-0.2, -0.15) is 0 Å². The van der Waals surface area contributed by atoms with E-state index in [-0.39, 0.29) is 17.1 Å². The zero-order valence-electron chi connectivity index (χ0n) is 14.4. The zero-order valence-corrected chi connectivity index (χ0v) is 15.2. The number of carbonyl (C=O) groups is 2. The predicted molar refractivity (Wildman–Crippen MR) is 97.7 cm³/mol. The number of hydrogen-bond acceptors (Lipinski definition) is 5. The van der Waals surface area contributed by atoms with Crippen LogP contribution in [-0.2, 0) is 19.4 Å². The van der Waals surface area contributed by atoms with E-state index in [1.165, 1.54) is 23.1 Å². The Morgan fingerprint density at radius 2 is 1.74 bits per heavy atom. The maximum Gasteiger partial charge on any atom is 0.341 e. The van der Waals surface area contributed by atoms with Crippen LogP contribution in [0.3, 0.4) is 0 Å². The van der Waals surface area contributed by atoms with Crippen LogP contribution in [-0.4, -0.2) is 44.4 Å². The molecule has 6 nitrogen and oxygen atoms in total. The second-order valence-electron chi connectivity index (χ2n) is 6.21. The number of carbonyl (C=O) groups excluding carboxylic acids is 2. The van der Waals surface area contributed by atoms with Crippen LogP contribution in [0.5, 0.6) is 0 Å². The highest BCUT2D eigenvalue weighted by molar-refractivity contribution is 7.91. The molecule has 1 aliphatic rings. The van der Waals surface area contributed by atoms with Gasteiger partial charge in [-0.3, -0.25) is 4.79 Å².